The van der Waals surface area contributed by atoms with E-state index in [1.54, 1.807) is 11.0 Å². The van der Waals surface area contributed by atoms with Gasteiger partial charge in [0.1, 0.15) is 5.82 Å². The van der Waals surface area contributed by atoms with Crippen molar-refractivity contribution in [3.8, 4) is 0 Å². The molecule has 16 heavy (non-hydrogen) atoms. The number of morpholine rings is 1. The number of rotatable bonds is 2. The molecule has 1 saturated heterocycles. The topological polar surface area (TPSA) is 68.5 Å². The van der Waals surface area contributed by atoms with Crippen LogP contribution in [0.5, 0.6) is 0 Å². The van der Waals surface area contributed by atoms with Crippen LogP contribution >= 0.6 is 0 Å². The molecule has 1 aromatic rings. The van der Waals surface area contributed by atoms with Crippen LogP contribution < -0.4 is 5.73 Å². The number of amides is 1. The van der Waals surface area contributed by atoms with E-state index in [4.69, 9.17) is 10.5 Å². The summed E-state index contributed by atoms with van der Waals surface area (Å²) in [6.45, 7) is 2.58. The van der Waals surface area contributed by atoms with Crippen molar-refractivity contribution in [2.24, 2.45) is 0 Å². The number of nitrogen functional groups attached to an aromatic ring is 1. The largest absolute Gasteiger partial charge is 0.384 e. The highest BCUT2D eigenvalue weighted by Crippen LogP contribution is 2.05. The van der Waals surface area contributed by atoms with Gasteiger partial charge in [0.25, 0.3) is 0 Å². The maximum atomic E-state index is 11.9. The molecule has 0 saturated carbocycles. The van der Waals surface area contributed by atoms with Gasteiger partial charge in [-0.2, -0.15) is 0 Å². The molecule has 2 rings (SSSR count). The van der Waals surface area contributed by atoms with Gasteiger partial charge in [-0.1, -0.05) is 6.07 Å². The lowest BCUT2D eigenvalue weighted by Crippen LogP contribution is -2.41. The lowest BCUT2D eigenvalue weighted by atomic mass is 10.2. The number of anilines is 1. The highest BCUT2D eigenvalue weighted by atomic mass is 16.5. The van der Waals surface area contributed by atoms with Gasteiger partial charge in [-0.3, -0.25) is 4.79 Å². The third-order valence-corrected chi connectivity index (χ3v) is 2.52. The lowest BCUT2D eigenvalue weighted by Gasteiger charge is -2.26. The van der Waals surface area contributed by atoms with E-state index in [2.05, 4.69) is 4.98 Å². The van der Waals surface area contributed by atoms with Crippen molar-refractivity contribution in [1.29, 1.82) is 0 Å². The molecule has 0 unspecified atom stereocenters. The summed E-state index contributed by atoms with van der Waals surface area (Å²) >= 11 is 0. The predicted molar refractivity (Wildman–Crippen MR) is 59.8 cm³/mol. The molecule has 0 radical (unpaired) electrons. The lowest BCUT2D eigenvalue weighted by molar-refractivity contribution is -0.134. The Morgan fingerprint density at radius 2 is 2.19 bits per heavy atom. The van der Waals surface area contributed by atoms with Gasteiger partial charge >= 0.3 is 0 Å². The first kappa shape index (κ1) is 10.9. The van der Waals surface area contributed by atoms with Crippen LogP contribution in [0.2, 0.25) is 0 Å². The minimum Gasteiger partial charge on any atom is -0.384 e. The average Bonchev–Trinajstić information content (AvgIpc) is 2.30. The third kappa shape index (κ3) is 2.70. The Kier molecular flexibility index (Phi) is 3.36. The zero-order chi connectivity index (χ0) is 11.4. The Morgan fingerprint density at radius 1 is 1.44 bits per heavy atom. The van der Waals surface area contributed by atoms with Crippen LogP contribution in [0.4, 0.5) is 5.82 Å². The Morgan fingerprint density at radius 3 is 2.88 bits per heavy atom. The van der Waals surface area contributed by atoms with Gasteiger partial charge in [0.15, 0.2) is 0 Å². The SMILES string of the molecule is Nc1cccc(CC(=O)N2CCOCC2)n1. The van der Waals surface area contributed by atoms with Gasteiger partial charge < -0.3 is 15.4 Å². The molecule has 0 atom stereocenters. The van der Waals surface area contributed by atoms with Crippen molar-refractivity contribution in [1.82, 2.24) is 9.88 Å². The van der Waals surface area contributed by atoms with Gasteiger partial charge in [-0.05, 0) is 12.1 Å². The Labute approximate surface area is 94.2 Å². The van der Waals surface area contributed by atoms with Gasteiger partial charge in [0, 0.05) is 13.1 Å². The molecule has 0 aliphatic carbocycles. The van der Waals surface area contributed by atoms with Crippen molar-refractivity contribution < 1.29 is 9.53 Å². The highest BCUT2D eigenvalue weighted by molar-refractivity contribution is 5.78. The second-order valence-corrected chi connectivity index (χ2v) is 3.72. The summed E-state index contributed by atoms with van der Waals surface area (Å²) in [6.07, 6.45) is 0.311. The summed E-state index contributed by atoms with van der Waals surface area (Å²) in [5.74, 6) is 0.536. The van der Waals surface area contributed by atoms with Gasteiger partial charge in [-0.25, -0.2) is 4.98 Å². The minimum atomic E-state index is 0.0846. The summed E-state index contributed by atoms with van der Waals surface area (Å²) < 4.78 is 5.19. The molecule has 1 fully saturated rings. The first-order valence-corrected chi connectivity index (χ1v) is 5.32. The van der Waals surface area contributed by atoms with E-state index >= 15 is 0 Å². The van der Waals surface area contributed by atoms with E-state index in [0.717, 1.165) is 5.69 Å². The number of nitrogens with two attached hydrogens (primary N) is 1. The molecule has 5 heteroatoms. The van der Waals surface area contributed by atoms with Crippen LogP contribution in [-0.2, 0) is 16.0 Å². The van der Waals surface area contributed by atoms with Crippen LogP contribution in [0.25, 0.3) is 0 Å². The van der Waals surface area contributed by atoms with Crippen LogP contribution in [-0.4, -0.2) is 42.1 Å². The third-order valence-electron chi connectivity index (χ3n) is 2.52. The number of carbonyl (C=O) groups is 1. The van der Waals surface area contributed by atoms with Crippen LogP contribution in [0.15, 0.2) is 18.2 Å². The Balaban J connectivity index is 1.96. The fourth-order valence-corrected chi connectivity index (χ4v) is 1.68. The van der Waals surface area contributed by atoms with Crippen molar-refractivity contribution in [3.63, 3.8) is 0 Å². The summed E-state index contributed by atoms with van der Waals surface area (Å²) in [5.41, 5.74) is 6.28. The molecule has 5 nitrogen and oxygen atoms in total. The van der Waals surface area contributed by atoms with Gasteiger partial charge in [-0.15, -0.1) is 0 Å². The number of pyridine rings is 1. The van der Waals surface area contributed by atoms with E-state index in [0.29, 0.717) is 38.5 Å². The zero-order valence-corrected chi connectivity index (χ0v) is 9.06. The number of aromatic nitrogens is 1. The second kappa shape index (κ2) is 4.94. The summed E-state index contributed by atoms with van der Waals surface area (Å²) in [5, 5.41) is 0. The Bertz CT molecular complexity index is 375. The quantitative estimate of drug-likeness (QED) is 0.767. The molecule has 2 heterocycles. The molecular formula is C11H15N3O2. The number of ether oxygens (including phenoxy) is 1. The maximum Gasteiger partial charge on any atom is 0.228 e. The van der Waals surface area contributed by atoms with Crippen LogP contribution in [0.1, 0.15) is 5.69 Å². The first-order chi connectivity index (χ1) is 7.75. The van der Waals surface area contributed by atoms with E-state index < -0.39 is 0 Å². The van der Waals surface area contributed by atoms with Crippen molar-refractivity contribution in [3.05, 3.63) is 23.9 Å². The highest BCUT2D eigenvalue weighted by Gasteiger charge is 2.17. The van der Waals surface area contributed by atoms with Crippen molar-refractivity contribution >= 4 is 11.7 Å². The average molecular weight is 221 g/mol. The van der Waals surface area contributed by atoms with E-state index in [1.807, 2.05) is 12.1 Å². The van der Waals surface area contributed by atoms with Gasteiger partial charge in [0.2, 0.25) is 5.91 Å². The predicted octanol–water partition coefficient (Wildman–Crippen LogP) is 0.0651. The van der Waals surface area contributed by atoms with Crippen LogP contribution in [0.3, 0.4) is 0 Å². The standard InChI is InChI=1S/C11H15N3O2/c12-10-3-1-2-9(13-10)8-11(15)14-4-6-16-7-5-14/h1-3H,4-8H2,(H2,12,13). The molecule has 1 aliphatic heterocycles. The zero-order valence-electron chi connectivity index (χ0n) is 9.06. The molecule has 1 aromatic heterocycles. The summed E-state index contributed by atoms with van der Waals surface area (Å²) in [4.78, 5) is 17.8. The van der Waals surface area contributed by atoms with Gasteiger partial charge in [0.05, 0.1) is 25.3 Å². The molecule has 2 N–H and O–H groups in total. The molecule has 1 amide bonds. The fraction of sp³-hybridized carbons (Fsp3) is 0.455. The summed E-state index contributed by atoms with van der Waals surface area (Å²) in [6, 6.07) is 5.33. The molecule has 0 spiro atoms. The molecule has 0 aromatic carbocycles. The van der Waals surface area contributed by atoms with E-state index in [9.17, 15) is 4.79 Å². The number of nitrogens with zero attached hydrogens (tertiary/aromatic N) is 2. The second-order valence-electron chi connectivity index (χ2n) is 3.72. The number of carbonyl (C=O) groups excluding carboxylic acids is 1. The summed E-state index contributed by atoms with van der Waals surface area (Å²) in [7, 11) is 0. The minimum absolute atomic E-state index is 0.0846. The Hall–Kier alpha value is -1.62. The normalized spacial score (nSPS) is 16.1. The number of hydrogen-bond acceptors (Lipinski definition) is 4. The van der Waals surface area contributed by atoms with Crippen molar-refractivity contribution in [2.45, 2.75) is 6.42 Å². The maximum absolute atomic E-state index is 11.9. The fourth-order valence-electron chi connectivity index (χ4n) is 1.68. The van der Waals surface area contributed by atoms with E-state index in [1.165, 1.54) is 0 Å². The molecular weight excluding hydrogens is 206 g/mol. The molecule has 0 bridgehead atoms. The number of hydrogen-bond donors (Lipinski definition) is 1. The first-order valence-electron chi connectivity index (χ1n) is 5.32. The van der Waals surface area contributed by atoms with Crippen LogP contribution in [0, 0.1) is 0 Å². The van der Waals surface area contributed by atoms with Crippen molar-refractivity contribution in [2.75, 3.05) is 32.0 Å². The molecule has 1 aliphatic rings. The van der Waals surface area contributed by atoms with E-state index in [-0.39, 0.29) is 5.91 Å². The smallest absolute Gasteiger partial charge is 0.228 e. The monoisotopic (exact) mass is 221 g/mol. The molecule has 86 valence electrons.